The van der Waals surface area contributed by atoms with E-state index in [4.69, 9.17) is 5.73 Å². The predicted molar refractivity (Wildman–Crippen MR) is 68.1 cm³/mol. The smallest absolute Gasteiger partial charge is 0.128 e. The number of halogens is 2. The van der Waals surface area contributed by atoms with Crippen LogP contribution in [0.4, 0.5) is 8.78 Å². The quantitative estimate of drug-likeness (QED) is 0.898. The van der Waals surface area contributed by atoms with Gasteiger partial charge in [0.25, 0.3) is 0 Å². The van der Waals surface area contributed by atoms with Crippen molar-refractivity contribution < 1.29 is 8.78 Å². The highest BCUT2D eigenvalue weighted by Crippen LogP contribution is 2.25. The second kappa shape index (κ2) is 5.33. The Kier molecular flexibility index (Phi) is 3.97. The zero-order valence-electron chi connectivity index (χ0n) is 10.9. The Morgan fingerprint density at radius 3 is 2.72 bits per heavy atom. The third-order valence-electron chi connectivity index (χ3n) is 3.70. The fourth-order valence-corrected chi connectivity index (χ4v) is 2.79. The lowest BCUT2D eigenvalue weighted by Gasteiger charge is -2.25. The molecule has 1 aliphatic heterocycles. The second-order valence-electron chi connectivity index (χ2n) is 5.42. The van der Waals surface area contributed by atoms with Crippen molar-refractivity contribution in [2.45, 2.75) is 32.4 Å². The van der Waals surface area contributed by atoms with E-state index >= 15 is 0 Å². The molecule has 2 nitrogen and oxygen atoms in total. The van der Waals surface area contributed by atoms with Gasteiger partial charge in [0.15, 0.2) is 0 Å². The molecule has 18 heavy (non-hydrogen) atoms. The second-order valence-corrected chi connectivity index (χ2v) is 5.42. The van der Waals surface area contributed by atoms with Crippen molar-refractivity contribution in [3.63, 3.8) is 0 Å². The first-order valence-corrected chi connectivity index (χ1v) is 6.42. The molecule has 1 heterocycles. The zero-order chi connectivity index (χ0) is 13.3. The largest absolute Gasteiger partial charge is 0.323 e. The van der Waals surface area contributed by atoms with E-state index in [1.54, 1.807) is 0 Å². The van der Waals surface area contributed by atoms with Crippen LogP contribution in [0, 0.1) is 17.6 Å². The summed E-state index contributed by atoms with van der Waals surface area (Å²) in [7, 11) is 0. The summed E-state index contributed by atoms with van der Waals surface area (Å²) in [5.41, 5.74) is 6.27. The van der Waals surface area contributed by atoms with Crippen LogP contribution >= 0.6 is 0 Å². The number of nitrogens with two attached hydrogens (primary N) is 1. The topological polar surface area (TPSA) is 29.3 Å². The summed E-state index contributed by atoms with van der Waals surface area (Å²) in [6, 6.07) is 3.44. The Balaban J connectivity index is 2.07. The third-order valence-corrected chi connectivity index (χ3v) is 3.70. The van der Waals surface area contributed by atoms with Gasteiger partial charge in [-0.1, -0.05) is 6.92 Å². The molecule has 0 saturated carbocycles. The Labute approximate surface area is 107 Å². The number of hydrogen-bond acceptors (Lipinski definition) is 2. The van der Waals surface area contributed by atoms with E-state index < -0.39 is 17.7 Å². The summed E-state index contributed by atoms with van der Waals surface area (Å²) in [5.74, 6) is -0.224. The van der Waals surface area contributed by atoms with Gasteiger partial charge in [-0.15, -0.1) is 0 Å². The predicted octanol–water partition coefficient (Wildman–Crippen LogP) is 2.69. The minimum atomic E-state index is -0.478. The van der Waals surface area contributed by atoms with E-state index in [1.165, 1.54) is 6.07 Å². The van der Waals surface area contributed by atoms with E-state index in [0.29, 0.717) is 18.5 Å². The van der Waals surface area contributed by atoms with Gasteiger partial charge < -0.3 is 5.73 Å². The molecule has 3 unspecified atom stereocenters. The van der Waals surface area contributed by atoms with Crippen LogP contribution in [-0.2, 0) is 0 Å². The minimum absolute atomic E-state index is 0.266. The van der Waals surface area contributed by atoms with Gasteiger partial charge >= 0.3 is 0 Å². The maximum Gasteiger partial charge on any atom is 0.128 e. The van der Waals surface area contributed by atoms with Gasteiger partial charge in [-0.3, -0.25) is 4.90 Å². The Bertz CT molecular complexity index is 422. The van der Waals surface area contributed by atoms with Gasteiger partial charge in [0, 0.05) is 30.7 Å². The molecule has 2 N–H and O–H groups in total. The van der Waals surface area contributed by atoms with Crippen LogP contribution in [0.5, 0.6) is 0 Å². The van der Waals surface area contributed by atoms with Crippen LogP contribution in [0.2, 0.25) is 0 Å². The van der Waals surface area contributed by atoms with Crippen LogP contribution in [-0.4, -0.2) is 24.0 Å². The molecule has 2 rings (SSSR count). The lowest BCUT2D eigenvalue weighted by atomic mass is 10.1. The summed E-state index contributed by atoms with van der Waals surface area (Å²) >= 11 is 0. The van der Waals surface area contributed by atoms with Crippen LogP contribution in [0.3, 0.4) is 0 Å². The van der Waals surface area contributed by atoms with Crippen molar-refractivity contribution in [3.05, 3.63) is 35.4 Å². The third kappa shape index (κ3) is 2.87. The first-order valence-electron chi connectivity index (χ1n) is 6.42. The first kappa shape index (κ1) is 13.4. The molecule has 1 aromatic carbocycles. The highest BCUT2D eigenvalue weighted by molar-refractivity contribution is 5.22. The van der Waals surface area contributed by atoms with Crippen molar-refractivity contribution in [2.75, 3.05) is 13.1 Å². The molecule has 0 radical (unpaired) electrons. The maximum atomic E-state index is 13.6. The molecular weight excluding hydrogens is 234 g/mol. The Morgan fingerprint density at radius 1 is 1.39 bits per heavy atom. The molecule has 0 aliphatic carbocycles. The molecule has 0 spiro atoms. The molecule has 1 saturated heterocycles. The number of nitrogens with zero attached hydrogens (tertiary/aromatic N) is 1. The highest BCUT2D eigenvalue weighted by atomic mass is 19.1. The number of hydrogen-bond donors (Lipinski definition) is 1. The summed E-state index contributed by atoms with van der Waals surface area (Å²) in [4.78, 5) is 2.25. The van der Waals surface area contributed by atoms with Crippen molar-refractivity contribution in [3.8, 4) is 0 Å². The SMILES string of the molecule is CC1CC(C)N(CC(N)c2cc(F)ccc2F)C1. The van der Waals surface area contributed by atoms with E-state index in [9.17, 15) is 8.78 Å². The normalized spacial score (nSPS) is 26.5. The van der Waals surface area contributed by atoms with Gasteiger partial charge in [0.05, 0.1) is 0 Å². The van der Waals surface area contributed by atoms with E-state index in [2.05, 4.69) is 18.7 Å². The molecule has 1 aliphatic rings. The molecule has 3 atom stereocenters. The van der Waals surface area contributed by atoms with Gasteiger partial charge in [-0.2, -0.15) is 0 Å². The molecule has 1 fully saturated rings. The summed E-state index contributed by atoms with van der Waals surface area (Å²) in [5, 5.41) is 0. The standard InChI is InChI=1S/C14H20F2N2/c1-9-5-10(2)18(7-9)8-14(17)12-6-11(15)3-4-13(12)16/h3-4,6,9-10,14H,5,7-8,17H2,1-2H3. The van der Waals surface area contributed by atoms with Crippen LogP contribution in [0.1, 0.15) is 31.9 Å². The van der Waals surface area contributed by atoms with Crippen LogP contribution in [0.25, 0.3) is 0 Å². The fraction of sp³-hybridized carbons (Fsp3) is 0.571. The summed E-state index contributed by atoms with van der Waals surface area (Å²) in [6.07, 6.45) is 1.14. The molecular formula is C14H20F2N2. The molecule has 0 aromatic heterocycles. The van der Waals surface area contributed by atoms with Gasteiger partial charge in [-0.05, 0) is 37.5 Å². The molecule has 1 aromatic rings. The zero-order valence-corrected chi connectivity index (χ0v) is 10.9. The number of likely N-dealkylation sites (tertiary alicyclic amines) is 1. The lowest BCUT2D eigenvalue weighted by Crippen LogP contribution is -2.35. The van der Waals surface area contributed by atoms with Crippen molar-refractivity contribution in [1.82, 2.24) is 4.90 Å². The van der Waals surface area contributed by atoms with Gasteiger partial charge in [0.1, 0.15) is 11.6 Å². The van der Waals surface area contributed by atoms with Crippen LogP contribution in [0.15, 0.2) is 18.2 Å². The first-order chi connectivity index (χ1) is 8.47. The molecule has 0 amide bonds. The van der Waals surface area contributed by atoms with Gasteiger partial charge in [-0.25, -0.2) is 8.78 Å². The average Bonchev–Trinajstić information content (AvgIpc) is 2.61. The van der Waals surface area contributed by atoms with E-state index in [0.717, 1.165) is 25.1 Å². The summed E-state index contributed by atoms with van der Waals surface area (Å²) in [6.45, 7) is 5.90. The monoisotopic (exact) mass is 254 g/mol. The molecule has 100 valence electrons. The average molecular weight is 254 g/mol. The highest BCUT2D eigenvalue weighted by Gasteiger charge is 2.28. The summed E-state index contributed by atoms with van der Waals surface area (Å²) < 4.78 is 26.7. The minimum Gasteiger partial charge on any atom is -0.323 e. The van der Waals surface area contributed by atoms with E-state index in [1.807, 2.05) is 0 Å². The van der Waals surface area contributed by atoms with Crippen molar-refractivity contribution >= 4 is 0 Å². The van der Waals surface area contributed by atoms with Crippen LogP contribution < -0.4 is 5.73 Å². The fourth-order valence-electron chi connectivity index (χ4n) is 2.79. The Hall–Kier alpha value is -1.00. The van der Waals surface area contributed by atoms with Crippen molar-refractivity contribution in [1.29, 1.82) is 0 Å². The molecule has 4 heteroatoms. The Morgan fingerprint density at radius 2 is 2.11 bits per heavy atom. The lowest BCUT2D eigenvalue weighted by molar-refractivity contribution is 0.247. The van der Waals surface area contributed by atoms with E-state index in [-0.39, 0.29) is 5.56 Å². The number of rotatable bonds is 3. The number of benzene rings is 1. The van der Waals surface area contributed by atoms with Gasteiger partial charge in [0.2, 0.25) is 0 Å². The van der Waals surface area contributed by atoms with Crippen molar-refractivity contribution in [2.24, 2.45) is 11.7 Å². The maximum absolute atomic E-state index is 13.6. The molecule has 0 bridgehead atoms.